The lowest BCUT2D eigenvalue weighted by Gasteiger charge is -2.10. The average Bonchev–Trinajstić information content (AvgIpc) is 3.57. The molecular formula is C23H20N4O5S. The number of benzene rings is 2. The van der Waals surface area contributed by atoms with Gasteiger partial charge in [-0.1, -0.05) is 0 Å². The minimum absolute atomic E-state index is 0.218. The predicted molar refractivity (Wildman–Crippen MR) is 123 cm³/mol. The third kappa shape index (κ3) is 4.08. The van der Waals surface area contributed by atoms with Crippen LogP contribution in [0, 0.1) is 6.92 Å². The first-order chi connectivity index (χ1) is 16.0. The lowest BCUT2D eigenvalue weighted by molar-refractivity contribution is 0.102. The maximum absolute atomic E-state index is 13.0. The van der Waals surface area contributed by atoms with Crippen molar-refractivity contribution in [2.24, 2.45) is 0 Å². The fourth-order valence-corrected chi connectivity index (χ4v) is 4.21. The second-order valence-corrected chi connectivity index (χ2v) is 8.06. The van der Waals surface area contributed by atoms with Crippen molar-refractivity contribution in [1.82, 2.24) is 14.8 Å². The monoisotopic (exact) mass is 464 g/mol. The number of aryl methyl sites for hydroxylation is 1. The summed E-state index contributed by atoms with van der Waals surface area (Å²) in [5.41, 5.74) is 2.82. The smallest absolute Gasteiger partial charge is 0.257 e. The van der Waals surface area contributed by atoms with E-state index in [2.05, 4.69) is 10.4 Å². The first kappa shape index (κ1) is 20.8. The van der Waals surface area contributed by atoms with E-state index in [1.165, 1.54) is 25.6 Å². The number of fused-ring (bicyclic) bond motifs is 1. The summed E-state index contributed by atoms with van der Waals surface area (Å²) in [4.78, 5) is 17.7. The van der Waals surface area contributed by atoms with Gasteiger partial charge >= 0.3 is 0 Å². The number of nitrogens with one attached hydrogen (secondary N) is 1. The number of thiazole rings is 1. The fourth-order valence-electron chi connectivity index (χ4n) is 3.41. The van der Waals surface area contributed by atoms with Gasteiger partial charge in [-0.3, -0.25) is 4.79 Å². The highest BCUT2D eigenvalue weighted by Crippen LogP contribution is 2.36. The maximum Gasteiger partial charge on any atom is 0.257 e. The highest BCUT2D eigenvalue weighted by Gasteiger charge is 2.18. The Hall–Kier alpha value is -4.05. The predicted octanol–water partition coefficient (Wildman–Crippen LogP) is 4.30. The van der Waals surface area contributed by atoms with Crippen LogP contribution in [0.2, 0.25) is 0 Å². The number of carbonyl (C=O) groups excluding carboxylic acids is 1. The lowest BCUT2D eigenvalue weighted by Crippen LogP contribution is -2.15. The number of methoxy groups -OCH3 is 2. The zero-order chi connectivity index (χ0) is 22.9. The molecule has 1 aliphatic rings. The molecule has 0 atom stereocenters. The van der Waals surface area contributed by atoms with E-state index in [1.54, 1.807) is 28.9 Å². The highest BCUT2D eigenvalue weighted by molar-refractivity contribution is 7.12. The van der Waals surface area contributed by atoms with Gasteiger partial charge in [0.05, 0.1) is 25.6 Å². The van der Waals surface area contributed by atoms with Gasteiger partial charge in [-0.15, -0.1) is 11.3 Å². The van der Waals surface area contributed by atoms with E-state index in [1.807, 2.05) is 30.5 Å². The lowest BCUT2D eigenvalue weighted by atomic mass is 10.1. The van der Waals surface area contributed by atoms with Crippen molar-refractivity contribution in [3.05, 3.63) is 59.1 Å². The van der Waals surface area contributed by atoms with Gasteiger partial charge in [0, 0.05) is 28.6 Å². The van der Waals surface area contributed by atoms with Crippen molar-refractivity contribution in [2.75, 3.05) is 26.3 Å². The summed E-state index contributed by atoms with van der Waals surface area (Å²) < 4.78 is 23.0. The number of hydrogen-bond donors (Lipinski definition) is 1. The normalized spacial score (nSPS) is 12.0. The van der Waals surface area contributed by atoms with Gasteiger partial charge in [-0.25, -0.2) is 4.98 Å². The summed E-state index contributed by atoms with van der Waals surface area (Å²) in [5.74, 6) is 2.65. The van der Waals surface area contributed by atoms with Gasteiger partial charge < -0.3 is 24.3 Å². The Morgan fingerprint density at radius 1 is 1.06 bits per heavy atom. The van der Waals surface area contributed by atoms with Gasteiger partial charge in [0.1, 0.15) is 17.3 Å². The molecule has 5 rings (SSSR count). The van der Waals surface area contributed by atoms with Crippen LogP contribution >= 0.6 is 11.3 Å². The van der Waals surface area contributed by atoms with Gasteiger partial charge in [0.25, 0.3) is 5.91 Å². The van der Waals surface area contributed by atoms with Gasteiger partial charge in [0.15, 0.2) is 11.5 Å². The standard InChI is InChI=1S/C23H20N4O5S/c1-13-6-21(25-22(28)15-7-16(29-2)10-17(8-15)30-3)27(26-13)23-24-18(11-33-23)14-4-5-19-20(9-14)32-12-31-19/h4-11H,12H2,1-3H3,(H,25,28). The number of nitrogens with zero attached hydrogens (tertiary/aromatic N) is 3. The summed E-state index contributed by atoms with van der Waals surface area (Å²) in [7, 11) is 3.07. The van der Waals surface area contributed by atoms with E-state index >= 15 is 0 Å². The van der Waals surface area contributed by atoms with Crippen LogP contribution in [0.4, 0.5) is 5.82 Å². The molecule has 0 aliphatic carbocycles. The summed E-state index contributed by atoms with van der Waals surface area (Å²) in [5, 5.41) is 9.98. The molecule has 3 heterocycles. The molecule has 1 N–H and O–H groups in total. The summed E-state index contributed by atoms with van der Waals surface area (Å²) in [6.45, 7) is 2.07. The second-order valence-electron chi connectivity index (χ2n) is 7.22. The molecule has 2 aromatic heterocycles. The van der Waals surface area contributed by atoms with Crippen LogP contribution in [-0.2, 0) is 0 Å². The number of amides is 1. The van der Waals surface area contributed by atoms with Crippen LogP contribution in [0.5, 0.6) is 23.0 Å². The third-order valence-corrected chi connectivity index (χ3v) is 5.84. The molecule has 0 radical (unpaired) electrons. The first-order valence-corrected chi connectivity index (χ1v) is 10.9. The zero-order valence-corrected chi connectivity index (χ0v) is 18.9. The highest BCUT2D eigenvalue weighted by atomic mass is 32.1. The number of ether oxygens (including phenoxy) is 4. The third-order valence-electron chi connectivity index (χ3n) is 5.03. The van der Waals surface area contributed by atoms with Crippen molar-refractivity contribution in [3.8, 4) is 39.4 Å². The van der Waals surface area contributed by atoms with Gasteiger partial charge in [-0.2, -0.15) is 9.78 Å². The van der Waals surface area contributed by atoms with E-state index in [4.69, 9.17) is 23.9 Å². The second kappa shape index (κ2) is 8.47. The Kier molecular flexibility index (Phi) is 5.35. The van der Waals surface area contributed by atoms with E-state index < -0.39 is 0 Å². The summed E-state index contributed by atoms with van der Waals surface area (Å²) in [6, 6.07) is 12.5. The minimum atomic E-state index is -0.319. The number of anilines is 1. The Balaban J connectivity index is 1.43. The number of hydrogen-bond acceptors (Lipinski definition) is 8. The van der Waals surface area contributed by atoms with Crippen LogP contribution < -0.4 is 24.3 Å². The first-order valence-electron chi connectivity index (χ1n) is 10.0. The fraction of sp³-hybridized carbons (Fsp3) is 0.174. The molecule has 0 bridgehead atoms. The van der Waals surface area contributed by atoms with Gasteiger partial charge in [0.2, 0.25) is 11.9 Å². The molecule has 2 aromatic carbocycles. The van der Waals surface area contributed by atoms with E-state index in [0.717, 1.165) is 22.7 Å². The molecule has 10 heteroatoms. The number of aromatic nitrogens is 3. The molecule has 4 aromatic rings. The largest absolute Gasteiger partial charge is 0.497 e. The van der Waals surface area contributed by atoms with Crippen molar-refractivity contribution in [1.29, 1.82) is 0 Å². The van der Waals surface area contributed by atoms with Crippen molar-refractivity contribution in [3.63, 3.8) is 0 Å². The molecule has 33 heavy (non-hydrogen) atoms. The molecule has 1 amide bonds. The van der Waals surface area contributed by atoms with Crippen molar-refractivity contribution >= 4 is 23.1 Å². The van der Waals surface area contributed by atoms with Crippen LogP contribution in [-0.4, -0.2) is 41.7 Å². The Bertz CT molecular complexity index is 1320. The van der Waals surface area contributed by atoms with Crippen LogP contribution in [0.3, 0.4) is 0 Å². The van der Waals surface area contributed by atoms with Crippen LogP contribution in [0.15, 0.2) is 47.8 Å². The summed E-state index contributed by atoms with van der Waals surface area (Å²) in [6.07, 6.45) is 0. The van der Waals surface area contributed by atoms with Gasteiger partial charge in [-0.05, 0) is 37.3 Å². The molecule has 0 unspecified atom stereocenters. The molecule has 168 valence electrons. The molecule has 0 spiro atoms. The molecule has 0 saturated heterocycles. The minimum Gasteiger partial charge on any atom is -0.497 e. The Morgan fingerprint density at radius 3 is 2.58 bits per heavy atom. The van der Waals surface area contributed by atoms with Crippen molar-refractivity contribution < 1.29 is 23.7 Å². The molecule has 0 fully saturated rings. The Morgan fingerprint density at radius 2 is 1.82 bits per heavy atom. The zero-order valence-electron chi connectivity index (χ0n) is 18.1. The summed E-state index contributed by atoms with van der Waals surface area (Å²) >= 11 is 1.42. The van der Waals surface area contributed by atoms with Crippen LogP contribution in [0.1, 0.15) is 16.1 Å². The molecule has 9 nitrogen and oxygen atoms in total. The molecule has 0 saturated carbocycles. The number of carbonyl (C=O) groups is 1. The topological polar surface area (TPSA) is 96.7 Å². The van der Waals surface area contributed by atoms with Crippen molar-refractivity contribution in [2.45, 2.75) is 6.92 Å². The maximum atomic E-state index is 13.0. The quantitative estimate of drug-likeness (QED) is 0.454. The average molecular weight is 465 g/mol. The number of rotatable bonds is 6. The van der Waals surface area contributed by atoms with E-state index in [-0.39, 0.29) is 12.7 Å². The SMILES string of the molecule is COc1cc(OC)cc(C(=O)Nc2cc(C)nn2-c2nc(-c3ccc4c(c3)OCO4)cs2)c1. The Labute approximate surface area is 193 Å². The van der Waals surface area contributed by atoms with E-state index in [9.17, 15) is 4.79 Å². The van der Waals surface area contributed by atoms with Crippen LogP contribution in [0.25, 0.3) is 16.4 Å². The molecular weight excluding hydrogens is 444 g/mol. The van der Waals surface area contributed by atoms with E-state index in [0.29, 0.717) is 33.8 Å². The molecule has 1 aliphatic heterocycles.